The third-order valence-corrected chi connectivity index (χ3v) is 5.79. The highest BCUT2D eigenvalue weighted by Crippen LogP contribution is 2.38. The Bertz CT molecular complexity index is 1480. The van der Waals surface area contributed by atoms with Gasteiger partial charge in [0, 0.05) is 12.6 Å². The first-order valence-electron chi connectivity index (χ1n) is 11.7. The number of hydrogen-bond acceptors (Lipinski definition) is 7. The summed E-state index contributed by atoms with van der Waals surface area (Å²) in [7, 11) is 4.60. The first-order chi connectivity index (χ1) is 17.9. The Morgan fingerprint density at radius 1 is 1.08 bits per heavy atom. The lowest BCUT2D eigenvalue weighted by Gasteiger charge is -2.12. The van der Waals surface area contributed by atoms with Crippen LogP contribution >= 0.6 is 0 Å². The van der Waals surface area contributed by atoms with E-state index in [2.05, 4.69) is 15.4 Å². The van der Waals surface area contributed by atoms with Crippen LogP contribution in [0.15, 0.2) is 59.8 Å². The average molecular weight is 504 g/mol. The molecule has 0 aliphatic rings. The second kappa shape index (κ2) is 11.4. The predicted molar refractivity (Wildman–Crippen MR) is 140 cm³/mol. The third-order valence-electron chi connectivity index (χ3n) is 5.79. The zero-order valence-corrected chi connectivity index (χ0v) is 21.2. The maximum absolute atomic E-state index is 12.9. The van der Waals surface area contributed by atoms with E-state index < -0.39 is 0 Å². The molecular weight excluding hydrogens is 474 g/mol. The molecule has 10 nitrogen and oxygen atoms in total. The van der Waals surface area contributed by atoms with Crippen molar-refractivity contribution in [2.24, 2.45) is 0 Å². The van der Waals surface area contributed by atoms with Crippen LogP contribution in [0.25, 0.3) is 17.1 Å². The molecule has 0 saturated heterocycles. The van der Waals surface area contributed by atoms with Crippen molar-refractivity contribution in [3.63, 3.8) is 0 Å². The number of nitrogens with one attached hydrogen (secondary N) is 1. The zero-order chi connectivity index (χ0) is 26.4. The largest absolute Gasteiger partial charge is 0.493 e. The van der Waals surface area contributed by atoms with Crippen molar-refractivity contribution in [2.75, 3.05) is 27.9 Å². The van der Waals surface area contributed by atoms with Gasteiger partial charge in [0.1, 0.15) is 11.7 Å². The van der Waals surface area contributed by atoms with Crippen LogP contribution in [0.2, 0.25) is 0 Å². The highest BCUT2D eigenvalue weighted by atomic mass is 16.5. The number of hydrogen-bond donors (Lipinski definition) is 1. The number of aromatic nitrogens is 4. The minimum atomic E-state index is -0.279. The monoisotopic (exact) mass is 503 g/mol. The van der Waals surface area contributed by atoms with Gasteiger partial charge in [0.25, 0.3) is 5.56 Å². The van der Waals surface area contributed by atoms with Crippen molar-refractivity contribution >= 4 is 23.0 Å². The number of carbonyl (C=O) groups excluding carboxylic acids is 1. The molecule has 1 amide bonds. The van der Waals surface area contributed by atoms with Gasteiger partial charge in [0.2, 0.25) is 11.7 Å². The van der Waals surface area contributed by atoms with E-state index in [-0.39, 0.29) is 11.5 Å². The number of benzene rings is 2. The van der Waals surface area contributed by atoms with Gasteiger partial charge in [-0.3, -0.25) is 14.2 Å². The van der Waals surface area contributed by atoms with Gasteiger partial charge in [-0.05, 0) is 36.3 Å². The van der Waals surface area contributed by atoms with E-state index in [1.54, 1.807) is 27.5 Å². The summed E-state index contributed by atoms with van der Waals surface area (Å²) in [6.07, 6.45) is 6.12. The van der Waals surface area contributed by atoms with Gasteiger partial charge in [-0.1, -0.05) is 29.8 Å². The summed E-state index contributed by atoms with van der Waals surface area (Å²) in [5.41, 5.74) is 3.20. The van der Waals surface area contributed by atoms with Crippen LogP contribution in [0.4, 0.5) is 0 Å². The molecule has 2 heterocycles. The number of amides is 1. The molecule has 0 saturated carbocycles. The summed E-state index contributed by atoms with van der Waals surface area (Å²) in [4.78, 5) is 29.7. The Morgan fingerprint density at radius 3 is 2.51 bits per heavy atom. The summed E-state index contributed by atoms with van der Waals surface area (Å²) in [5.74, 6) is 1.20. The maximum Gasteiger partial charge on any atom is 0.264 e. The first-order valence-corrected chi connectivity index (χ1v) is 11.7. The molecule has 0 atom stereocenters. The lowest BCUT2D eigenvalue weighted by atomic mass is 10.1. The summed E-state index contributed by atoms with van der Waals surface area (Å²) in [6, 6.07) is 11.5. The number of carbonyl (C=O) groups is 1. The molecule has 192 valence electrons. The van der Waals surface area contributed by atoms with Gasteiger partial charge < -0.3 is 19.5 Å². The normalized spacial score (nSPS) is 11.1. The molecule has 1 N–H and O–H groups in total. The van der Waals surface area contributed by atoms with E-state index in [0.29, 0.717) is 53.5 Å². The maximum atomic E-state index is 12.9. The Morgan fingerprint density at radius 2 is 1.84 bits per heavy atom. The number of rotatable bonds is 10. The van der Waals surface area contributed by atoms with Crippen LogP contribution in [0.5, 0.6) is 17.2 Å². The SMILES string of the molecule is COc1cc(/C=C/C(=O)NCCn2ncc3c(=O)n(Cc4cccc(C)c4)cnc32)cc(OC)c1OC. The Labute approximate surface area is 214 Å². The standard InChI is InChI=1S/C27H29N5O5/c1-18-6-5-7-20(12-18)16-31-17-29-26-21(27(31)34)15-30-32(26)11-10-28-24(33)9-8-19-13-22(35-2)25(37-4)23(14-19)36-3/h5-9,12-15,17H,10-11,16H2,1-4H3,(H,28,33)/b9-8+. The summed E-state index contributed by atoms with van der Waals surface area (Å²) < 4.78 is 19.2. The molecule has 0 radical (unpaired) electrons. The molecule has 37 heavy (non-hydrogen) atoms. The third kappa shape index (κ3) is 5.80. The van der Waals surface area contributed by atoms with Gasteiger partial charge in [-0.15, -0.1) is 0 Å². The van der Waals surface area contributed by atoms with Gasteiger partial charge in [0.15, 0.2) is 17.1 Å². The van der Waals surface area contributed by atoms with Crippen LogP contribution in [0, 0.1) is 6.92 Å². The van der Waals surface area contributed by atoms with Crippen molar-refractivity contribution in [1.82, 2.24) is 24.6 Å². The highest BCUT2D eigenvalue weighted by Gasteiger charge is 2.13. The van der Waals surface area contributed by atoms with Crippen molar-refractivity contribution < 1.29 is 19.0 Å². The molecule has 0 aliphatic heterocycles. The second-order valence-electron chi connectivity index (χ2n) is 8.35. The molecule has 10 heteroatoms. The van der Waals surface area contributed by atoms with Crippen molar-refractivity contribution in [2.45, 2.75) is 20.0 Å². The fourth-order valence-electron chi connectivity index (χ4n) is 3.99. The summed E-state index contributed by atoms with van der Waals surface area (Å²) in [5, 5.41) is 7.54. The quantitative estimate of drug-likeness (QED) is 0.332. The lowest BCUT2D eigenvalue weighted by molar-refractivity contribution is -0.116. The van der Waals surface area contributed by atoms with Crippen LogP contribution in [-0.4, -0.2) is 53.1 Å². The number of aryl methyl sites for hydroxylation is 1. The fourth-order valence-corrected chi connectivity index (χ4v) is 3.99. The van der Waals surface area contributed by atoms with Crippen LogP contribution < -0.4 is 25.1 Å². The molecule has 0 spiro atoms. The number of ether oxygens (including phenoxy) is 3. The highest BCUT2D eigenvalue weighted by molar-refractivity contribution is 5.91. The number of fused-ring (bicyclic) bond motifs is 1. The van der Waals surface area contributed by atoms with Gasteiger partial charge in [-0.25, -0.2) is 9.67 Å². The van der Waals surface area contributed by atoms with E-state index in [4.69, 9.17) is 14.2 Å². The van der Waals surface area contributed by atoms with Crippen LogP contribution in [0.1, 0.15) is 16.7 Å². The van der Waals surface area contributed by atoms with Gasteiger partial charge in [-0.2, -0.15) is 5.10 Å². The molecule has 0 bridgehead atoms. The Kier molecular flexibility index (Phi) is 7.87. The Hall–Kier alpha value is -4.60. The predicted octanol–water partition coefficient (Wildman–Crippen LogP) is 2.81. The first kappa shape index (κ1) is 25.5. The van der Waals surface area contributed by atoms with Gasteiger partial charge >= 0.3 is 0 Å². The molecule has 0 fully saturated rings. The molecule has 2 aromatic heterocycles. The minimum Gasteiger partial charge on any atom is -0.493 e. The van der Waals surface area contributed by atoms with Crippen LogP contribution in [0.3, 0.4) is 0 Å². The summed E-state index contributed by atoms with van der Waals surface area (Å²) in [6.45, 7) is 3.12. The summed E-state index contributed by atoms with van der Waals surface area (Å²) >= 11 is 0. The fraction of sp³-hybridized carbons (Fsp3) is 0.259. The molecule has 4 rings (SSSR count). The molecule has 0 unspecified atom stereocenters. The van der Waals surface area contributed by atoms with E-state index in [9.17, 15) is 9.59 Å². The lowest BCUT2D eigenvalue weighted by Crippen LogP contribution is -2.26. The molecule has 0 aliphatic carbocycles. The molecular formula is C27H29N5O5. The Balaban J connectivity index is 1.39. The zero-order valence-electron chi connectivity index (χ0n) is 21.2. The van der Waals surface area contributed by atoms with Crippen LogP contribution in [-0.2, 0) is 17.9 Å². The minimum absolute atomic E-state index is 0.157. The number of methoxy groups -OCH3 is 3. The van der Waals surface area contributed by atoms with Crippen molar-refractivity contribution in [1.29, 1.82) is 0 Å². The van der Waals surface area contributed by atoms with Crippen molar-refractivity contribution in [3.8, 4) is 17.2 Å². The van der Waals surface area contributed by atoms with Gasteiger partial charge in [0.05, 0.1) is 40.6 Å². The van der Waals surface area contributed by atoms with Crippen molar-refractivity contribution in [3.05, 3.63) is 82.0 Å². The molecule has 4 aromatic rings. The van der Waals surface area contributed by atoms with E-state index >= 15 is 0 Å². The topological polar surface area (TPSA) is 110 Å². The second-order valence-corrected chi connectivity index (χ2v) is 8.35. The number of nitrogens with zero attached hydrogens (tertiary/aromatic N) is 4. The molecule has 2 aromatic carbocycles. The smallest absolute Gasteiger partial charge is 0.264 e. The van der Waals surface area contributed by atoms with E-state index in [0.717, 1.165) is 11.1 Å². The van der Waals surface area contributed by atoms with E-state index in [1.165, 1.54) is 39.9 Å². The average Bonchev–Trinajstić information content (AvgIpc) is 3.32. The van der Waals surface area contributed by atoms with E-state index in [1.807, 2.05) is 31.2 Å².